The number of furan rings is 1. The van der Waals surface area contributed by atoms with Crippen molar-refractivity contribution in [3.05, 3.63) is 35.9 Å². The van der Waals surface area contributed by atoms with E-state index >= 15 is 0 Å². The van der Waals surface area contributed by atoms with E-state index in [-0.39, 0.29) is 0 Å². The number of nitrogens with one attached hydrogen (secondary N) is 2. The molecule has 90 valence electrons. The molecule has 0 amide bonds. The smallest absolute Gasteiger partial charge is 0.224 e. The van der Waals surface area contributed by atoms with E-state index in [0.29, 0.717) is 12.5 Å². The molecule has 2 rings (SSSR count). The lowest BCUT2D eigenvalue weighted by molar-refractivity contribution is 0.518. The first-order valence-corrected chi connectivity index (χ1v) is 5.63. The Morgan fingerprint density at radius 2 is 2.18 bits per heavy atom. The molecule has 0 fully saturated rings. The van der Waals surface area contributed by atoms with Crippen LogP contribution in [0.1, 0.15) is 18.4 Å². The molecule has 2 aromatic heterocycles. The Morgan fingerprint density at radius 1 is 1.29 bits per heavy atom. The van der Waals surface area contributed by atoms with Gasteiger partial charge < -0.3 is 15.1 Å². The molecule has 0 radical (unpaired) electrons. The first-order chi connectivity index (χ1) is 8.28. The number of nitrogens with zero attached hydrogens (tertiary/aromatic N) is 2. The second kappa shape index (κ2) is 5.34. The first kappa shape index (κ1) is 11.4. The van der Waals surface area contributed by atoms with Crippen molar-refractivity contribution in [1.29, 1.82) is 0 Å². The van der Waals surface area contributed by atoms with Crippen LogP contribution in [-0.4, -0.2) is 16.5 Å². The minimum Gasteiger partial charge on any atom is -0.467 e. The Kier molecular flexibility index (Phi) is 3.59. The van der Waals surface area contributed by atoms with Crippen molar-refractivity contribution in [2.24, 2.45) is 0 Å². The average molecular weight is 232 g/mol. The lowest BCUT2D eigenvalue weighted by Crippen LogP contribution is -2.07. The van der Waals surface area contributed by atoms with Gasteiger partial charge in [0.05, 0.1) is 12.8 Å². The predicted molar refractivity (Wildman–Crippen MR) is 67.0 cm³/mol. The van der Waals surface area contributed by atoms with Gasteiger partial charge >= 0.3 is 0 Å². The molecular weight excluding hydrogens is 216 g/mol. The van der Waals surface area contributed by atoms with Crippen molar-refractivity contribution in [1.82, 2.24) is 9.97 Å². The summed E-state index contributed by atoms with van der Waals surface area (Å²) in [6.45, 7) is 5.39. The number of aryl methyl sites for hydroxylation is 1. The maximum atomic E-state index is 5.24. The van der Waals surface area contributed by atoms with Crippen molar-refractivity contribution in [2.45, 2.75) is 20.4 Å². The highest BCUT2D eigenvalue weighted by molar-refractivity contribution is 5.42. The number of rotatable bonds is 5. The van der Waals surface area contributed by atoms with Gasteiger partial charge in [0.25, 0.3) is 0 Å². The largest absolute Gasteiger partial charge is 0.467 e. The van der Waals surface area contributed by atoms with Crippen LogP contribution < -0.4 is 10.6 Å². The molecule has 0 bridgehead atoms. The molecule has 0 aliphatic carbocycles. The molecule has 17 heavy (non-hydrogen) atoms. The summed E-state index contributed by atoms with van der Waals surface area (Å²) in [6, 6.07) is 5.70. The molecule has 0 saturated heterocycles. The van der Waals surface area contributed by atoms with Gasteiger partial charge in [-0.2, -0.15) is 4.98 Å². The van der Waals surface area contributed by atoms with Crippen LogP contribution in [0, 0.1) is 6.92 Å². The fourth-order valence-electron chi connectivity index (χ4n) is 1.49. The summed E-state index contributed by atoms with van der Waals surface area (Å²) in [5, 5.41) is 6.30. The maximum absolute atomic E-state index is 5.24. The van der Waals surface area contributed by atoms with Crippen molar-refractivity contribution < 1.29 is 4.42 Å². The molecule has 0 unspecified atom stereocenters. The van der Waals surface area contributed by atoms with Gasteiger partial charge in [-0.3, -0.25) is 0 Å². The van der Waals surface area contributed by atoms with Gasteiger partial charge in [-0.05, 0) is 26.0 Å². The lowest BCUT2D eigenvalue weighted by Gasteiger charge is -2.07. The molecule has 0 saturated carbocycles. The van der Waals surface area contributed by atoms with Crippen LogP contribution >= 0.6 is 0 Å². The van der Waals surface area contributed by atoms with Crippen LogP contribution in [0.5, 0.6) is 0 Å². The lowest BCUT2D eigenvalue weighted by atomic mass is 10.4. The number of hydrogen-bond donors (Lipinski definition) is 2. The van der Waals surface area contributed by atoms with Gasteiger partial charge in [0.15, 0.2) is 0 Å². The Labute approximate surface area is 100 Å². The highest BCUT2D eigenvalue weighted by Gasteiger charge is 2.02. The number of hydrogen-bond acceptors (Lipinski definition) is 5. The van der Waals surface area contributed by atoms with Gasteiger partial charge in [0.1, 0.15) is 11.6 Å². The van der Waals surface area contributed by atoms with Crippen LogP contribution in [0.3, 0.4) is 0 Å². The maximum Gasteiger partial charge on any atom is 0.224 e. The van der Waals surface area contributed by atoms with E-state index in [1.165, 1.54) is 0 Å². The fraction of sp³-hybridized carbons (Fsp3) is 0.333. The minimum absolute atomic E-state index is 0.620. The SMILES string of the molecule is CCNc1nc(C)cc(NCc2ccco2)n1. The van der Waals surface area contributed by atoms with Crippen LogP contribution in [-0.2, 0) is 6.54 Å². The molecule has 5 nitrogen and oxygen atoms in total. The third-order valence-corrected chi connectivity index (χ3v) is 2.21. The minimum atomic E-state index is 0.620. The molecule has 0 spiro atoms. The Hall–Kier alpha value is -2.04. The normalized spacial score (nSPS) is 10.2. The third-order valence-electron chi connectivity index (χ3n) is 2.21. The van der Waals surface area contributed by atoms with Gasteiger partial charge in [0, 0.05) is 18.3 Å². The molecule has 0 atom stereocenters. The summed E-state index contributed by atoms with van der Waals surface area (Å²) in [5.74, 6) is 2.32. The van der Waals surface area contributed by atoms with E-state index in [0.717, 1.165) is 23.8 Å². The number of aromatic nitrogens is 2. The van der Waals surface area contributed by atoms with Gasteiger partial charge in [0.2, 0.25) is 5.95 Å². The summed E-state index contributed by atoms with van der Waals surface area (Å²) in [5.41, 5.74) is 0.929. The van der Waals surface area contributed by atoms with Crippen molar-refractivity contribution in [3.63, 3.8) is 0 Å². The molecule has 0 aliphatic heterocycles. The zero-order valence-corrected chi connectivity index (χ0v) is 10.0. The summed E-state index contributed by atoms with van der Waals surface area (Å²) < 4.78 is 5.24. The molecule has 2 heterocycles. The second-order valence-electron chi connectivity index (χ2n) is 3.68. The highest BCUT2D eigenvalue weighted by Crippen LogP contribution is 2.11. The average Bonchev–Trinajstić information content (AvgIpc) is 2.79. The topological polar surface area (TPSA) is 63.0 Å². The zero-order chi connectivity index (χ0) is 12.1. The third kappa shape index (κ3) is 3.21. The van der Waals surface area contributed by atoms with E-state index in [4.69, 9.17) is 4.42 Å². The van der Waals surface area contributed by atoms with E-state index in [9.17, 15) is 0 Å². The molecule has 2 aromatic rings. The fourth-order valence-corrected chi connectivity index (χ4v) is 1.49. The monoisotopic (exact) mass is 232 g/mol. The van der Waals surface area contributed by atoms with Crippen LogP contribution in [0.15, 0.2) is 28.9 Å². The van der Waals surface area contributed by atoms with Crippen molar-refractivity contribution >= 4 is 11.8 Å². The van der Waals surface area contributed by atoms with Gasteiger partial charge in [-0.1, -0.05) is 0 Å². The molecule has 0 aliphatic rings. The van der Waals surface area contributed by atoms with E-state index in [1.807, 2.05) is 32.0 Å². The standard InChI is InChI=1S/C12H16N4O/c1-3-13-12-15-9(2)7-11(16-12)14-8-10-5-4-6-17-10/h4-7H,3,8H2,1-2H3,(H2,13,14,15,16). The molecule has 5 heteroatoms. The molecular formula is C12H16N4O. The Morgan fingerprint density at radius 3 is 2.88 bits per heavy atom. The van der Waals surface area contributed by atoms with E-state index in [1.54, 1.807) is 6.26 Å². The van der Waals surface area contributed by atoms with Crippen molar-refractivity contribution in [2.75, 3.05) is 17.2 Å². The summed E-state index contributed by atoms with van der Waals surface area (Å²) >= 11 is 0. The highest BCUT2D eigenvalue weighted by atomic mass is 16.3. The molecule has 0 aromatic carbocycles. The zero-order valence-electron chi connectivity index (χ0n) is 10.0. The van der Waals surface area contributed by atoms with Crippen LogP contribution in [0.25, 0.3) is 0 Å². The number of anilines is 2. The van der Waals surface area contributed by atoms with E-state index in [2.05, 4.69) is 20.6 Å². The van der Waals surface area contributed by atoms with Crippen molar-refractivity contribution in [3.8, 4) is 0 Å². The van der Waals surface area contributed by atoms with Crippen LogP contribution in [0.4, 0.5) is 11.8 Å². The van der Waals surface area contributed by atoms with Gasteiger partial charge in [-0.25, -0.2) is 4.98 Å². The first-order valence-electron chi connectivity index (χ1n) is 5.63. The molecule has 2 N–H and O–H groups in total. The Bertz CT molecular complexity index is 467. The van der Waals surface area contributed by atoms with E-state index < -0.39 is 0 Å². The Balaban J connectivity index is 2.04. The summed E-state index contributed by atoms with van der Waals surface area (Å²) in [7, 11) is 0. The van der Waals surface area contributed by atoms with Gasteiger partial charge in [-0.15, -0.1) is 0 Å². The van der Waals surface area contributed by atoms with Crippen LogP contribution in [0.2, 0.25) is 0 Å². The predicted octanol–water partition coefficient (Wildman–Crippen LogP) is 2.42. The second-order valence-corrected chi connectivity index (χ2v) is 3.68. The summed E-state index contributed by atoms with van der Waals surface area (Å²) in [4.78, 5) is 8.63. The quantitative estimate of drug-likeness (QED) is 0.829. The summed E-state index contributed by atoms with van der Waals surface area (Å²) in [6.07, 6.45) is 1.66.